The molecule has 0 aliphatic heterocycles. The van der Waals surface area contributed by atoms with Gasteiger partial charge in [-0.15, -0.1) is 0 Å². The standard InChI is InChI=1S/C26H30N2O4S/c1-5-22-8-6-7-20(3)26(22)27-25(29)18-32-24-15-13-23(14-16-24)28(33(4,30)31)17-21-11-9-19(2)10-12-21/h6-16H,5,17-18H2,1-4H3,(H,27,29). The molecule has 1 N–H and O–H groups in total. The molecule has 3 rings (SSSR count). The summed E-state index contributed by atoms with van der Waals surface area (Å²) in [6, 6.07) is 20.4. The van der Waals surface area contributed by atoms with E-state index in [1.54, 1.807) is 24.3 Å². The fraction of sp³-hybridized carbons (Fsp3) is 0.269. The molecule has 0 fully saturated rings. The van der Waals surface area contributed by atoms with Crippen molar-refractivity contribution in [1.82, 2.24) is 0 Å². The molecule has 1 amide bonds. The Morgan fingerprint density at radius 3 is 2.24 bits per heavy atom. The number of benzene rings is 3. The molecule has 0 aliphatic rings. The van der Waals surface area contributed by atoms with Crippen molar-refractivity contribution in [3.63, 3.8) is 0 Å². The van der Waals surface area contributed by atoms with E-state index in [-0.39, 0.29) is 19.1 Å². The van der Waals surface area contributed by atoms with Crippen LogP contribution in [0.5, 0.6) is 5.75 Å². The molecule has 3 aromatic carbocycles. The Balaban J connectivity index is 1.66. The number of sulfonamides is 1. The van der Waals surface area contributed by atoms with Crippen LogP contribution in [0.25, 0.3) is 0 Å². The van der Waals surface area contributed by atoms with E-state index in [1.165, 1.54) is 10.6 Å². The highest BCUT2D eigenvalue weighted by atomic mass is 32.2. The van der Waals surface area contributed by atoms with Gasteiger partial charge in [0.25, 0.3) is 5.91 Å². The van der Waals surface area contributed by atoms with Gasteiger partial charge in [0, 0.05) is 5.69 Å². The molecule has 0 saturated heterocycles. The van der Waals surface area contributed by atoms with Crippen LogP contribution in [0.1, 0.15) is 29.2 Å². The maximum atomic E-state index is 12.4. The molecule has 7 heteroatoms. The van der Waals surface area contributed by atoms with E-state index in [9.17, 15) is 13.2 Å². The van der Waals surface area contributed by atoms with Gasteiger partial charge in [0.2, 0.25) is 10.0 Å². The maximum absolute atomic E-state index is 12.4. The fourth-order valence-electron chi connectivity index (χ4n) is 3.49. The van der Waals surface area contributed by atoms with Crippen LogP contribution in [-0.4, -0.2) is 27.2 Å². The van der Waals surface area contributed by atoms with Crippen molar-refractivity contribution in [3.05, 3.63) is 89.0 Å². The lowest BCUT2D eigenvalue weighted by molar-refractivity contribution is -0.118. The summed E-state index contributed by atoms with van der Waals surface area (Å²) in [6.45, 7) is 6.08. The molecule has 0 aromatic heterocycles. The van der Waals surface area contributed by atoms with Gasteiger partial charge < -0.3 is 10.1 Å². The molecule has 174 valence electrons. The monoisotopic (exact) mass is 466 g/mol. The highest BCUT2D eigenvalue weighted by Crippen LogP contribution is 2.24. The molecule has 0 saturated carbocycles. The summed E-state index contributed by atoms with van der Waals surface area (Å²) < 4.78 is 31.8. The lowest BCUT2D eigenvalue weighted by Gasteiger charge is -2.23. The van der Waals surface area contributed by atoms with Crippen LogP contribution in [0, 0.1) is 13.8 Å². The second-order valence-corrected chi connectivity index (χ2v) is 9.96. The zero-order chi connectivity index (χ0) is 24.0. The Bertz CT molecular complexity index is 1200. The van der Waals surface area contributed by atoms with Crippen LogP contribution in [0.3, 0.4) is 0 Å². The average Bonchev–Trinajstić information content (AvgIpc) is 2.78. The summed E-state index contributed by atoms with van der Waals surface area (Å²) in [5.74, 6) is 0.235. The van der Waals surface area contributed by atoms with Gasteiger partial charge in [-0.2, -0.15) is 0 Å². The first kappa shape index (κ1) is 24.3. The second kappa shape index (κ2) is 10.5. The van der Waals surface area contributed by atoms with Gasteiger partial charge in [0.05, 0.1) is 18.5 Å². The van der Waals surface area contributed by atoms with E-state index in [4.69, 9.17) is 4.74 Å². The van der Waals surface area contributed by atoms with Crippen molar-refractivity contribution >= 4 is 27.3 Å². The van der Waals surface area contributed by atoms with Crippen LogP contribution < -0.4 is 14.4 Å². The number of rotatable bonds is 9. The number of carbonyl (C=O) groups excluding carboxylic acids is 1. The molecular formula is C26H30N2O4S. The third kappa shape index (κ3) is 6.58. The van der Waals surface area contributed by atoms with Crippen LogP contribution >= 0.6 is 0 Å². The largest absolute Gasteiger partial charge is 0.484 e. The number of anilines is 2. The summed E-state index contributed by atoms with van der Waals surface area (Å²) in [7, 11) is -3.48. The lowest BCUT2D eigenvalue weighted by atomic mass is 10.1. The van der Waals surface area contributed by atoms with Gasteiger partial charge in [0.15, 0.2) is 6.61 Å². The van der Waals surface area contributed by atoms with Crippen molar-refractivity contribution in [1.29, 1.82) is 0 Å². The maximum Gasteiger partial charge on any atom is 0.262 e. The number of ether oxygens (including phenoxy) is 1. The molecule has 3 aromatic rings. The molecule has 0 aliphatic carbocycles. The Labute approximate surface area is 196 Å². The quantitative estimate of drug-likeness (QED) is 0.489. The minimum atomic E-state index is -3.48. The highest BCUT2D eigenvalue weighted by Gasteiger charge is 2.18. The van der Waals surface area contributed by atoms with Crippen molar-refractivity contribution in [2.45, 2.75) is 33.7 Å². The zero-order valence-electron chi connectivity index (χ0n) is 19.5. The minimum Gasteiger partial charge on any atom is -0.484 e. The Morgan fingerprint density at radius 1 is 0.970 bits per heavy atom. The minimum absolute atomic E-state index is 0.143. The summed E-state index contributed by atoms with van der Waals surface area (Å²) in [4.78, 5) is 12.4. The number of amides is 1. The molecule has 33 heavy (non-hydrogen) atoms. The Hall–Kier alpha value is -3.32. The number of aryl methyl sites for hydroxylation is 3. The normalized spacial score (nSPS) is 11.2. The first-order chi connectivity index (χ1) is 15.7. The molecule has 6 nitrogen and oxygen atoms in total. The number of hydrogen-bond donors (Lipinski definition) is 1. The molecule has 0 atom stereocenters. The third-order valence-corrected chi connectivity index (χ3v) is 6.49. The summed E-state index contributed by atoms with van der Waals surface area (Å²) >= 11 is 0. The van der Waals surface area contributed by atoms with Crippen LogP contribution in [-0.2, 0) is 27.8 Å². The smallest absolute Gasteiger partial charge is 0.262 e. The van der Waals surface area contributed by atoms with E-state index in [1.807, 2.05) is 63.2 Å². The van der Waals surface area contributed by atoms with Crippen molar-refractivity contribution in [2.75, 3.05) is 22.5 Å². The SMILES string of the molecule is CCc1cccc(C)c1NC(=O)COc1ccc(N(Cc2ccc(C)cc2)S(C)(=O)=O)cc1. The van der Waals surface area contributed by atoms with E-state index in [0.29, 0.717) is 11.4 Å². The number of hydrogen-bond acceptors (Lipinski definition) is 4. The number of nitrogens with one attached hydrogen (secondary N) is 1. The van der Waals surface area contributed by atoms with E-state index in [2.05, 4.69) is 5.32 Å². The predicted molar refractivity (Wildman–Crippen MR) is 133 cm³/mol. The fourth-order valence-corrected chi connectivity index (χ4v) is 4.38. The molecule has 0 radical (unpaired) electrons. The number of carbonyl (C=O) groups is 1. The van der Waals surface area contributed by atoms with Crippen LogP contribution in [0.4, 0.5) is 11.4 Å². The van der Waals surface area contributed by atoms with Crippen molar-refractivity contribution in [3.8, 4) is 5.75 Å². The van der Waals surface area contributed by atoms with Crippen LogP contribution in [0.2, 0.25) is 0 Å². The second-order valence-electron chi connectivity index (χ2n) is 8.05. The van der Waals surface area contributed by atoms with Gasteiger partial charge in [-0.05, 0) is 61.2 Å². The molecule has 0 heterocycles. The summed E-state index contributed by atoms with van der Waals surface area (Å²) in [5.41, 5.74) is 5.43. The van der Waals surface area contributed by atoms with Gasteiger partial charge in [-0.25, -0.2) is 8.42 Å². The van der Waals surface area contributed by atoms with Crippen molar-refractivity contribution < 1.29 is 17.9 Å². The lowest BCUT2D eigenvalue weighted by Crippen LogP contribution is -2.29. The van der Waals surface area contributed by atoms with E-state index < -0.39 is 10.0 Å². The first-order valence-electron chi connectivity index (χ1n) is 10.8. The van der Waals surface area contributed by atoms with Gasteiger partial charge in [-0.1, -0.05) is 55.0 Å². The Kier molecular flexibility index (Phi) is 7.76. The molecule has 0 bridgehead atoms. The van der Waals surface area contributed by atoms with Crippen LogP contribution in [0.15, 0.2) is 66.7 Å². The summed E-state index contributed by atoms with van der Waals surface area (Å²) in [5, 5.41) is 2.93. The molecule has 0 unspecified atom stereocenters. The zero-order valence-corrected chi connectivity index (χ0v) is 20.3. The highest BCUT2D eigenvalue weighted by molar-refractivity contribution is 7.92. The number of nitrogens with zero attached hydrogens (tertiary/aromatic N) is 1. The number of para-hydroxylation sites is 1. The Morgan fingerprint density at radius 2 is 1.64 bits per heavy atom. The predicted octanol–water partition coefficient (Wildman–Crippen LogP) is 4.85. The first-order valence-corrected chi connectivity index (χ1v) is 12.7. The molecule has 0 spiro atoms. The van der Waals surface area contributed by atoms with Gasteiger partial charge in [0.1, 0.15) is 5.75 Å². The van der Waals surface area contributed by atoms with E-state index in [0.717, 1.165) is 34.4 Å². The van der Waals surface area contributed by atoms with E-state index >= 15 is 0 Å². The van der Waals surface area contributed by atoms with Crippen molar-refractivity contribution in [2.24, 2.45) is 0 Å². The summed E-state index contributed by atoms with van der Waals surface area (Å²) in [6.07, 6.45) is 2.01. The van der Waals surface area contributed by atoms with Gasteiger partial charge in [-0.3, -0.25) is 9.10 Å². The topological polar surface area (TPSA) is 75.7 Å². The molecular weight excluding hydrogens is 436 g/mol. The van der Waals surface area contributed by atoms with Gasteiger partial charge >= 0.3 is 0 Å². The third-order valence-electron chi connectivity index (χ3n) is 5.35. The average molecular weight is 467 g/mol.